The number of hydrogen-bond acceptors (Lipinski definition) is 7. The molecule has 0 saturated carbocycles. The fourth-order valence-electron chi connectivity index (χ4n) is 2.12. The van der Waals surface area contributed by atoms with Gasteiger partial charge in [0.2, 0.25) is 0 Å². The summed E-state index contributed by atoms with van der Waals surface area (Å²) in [6.45, 7) is 6.18. The number of aryl methyl sites for hydroxylation is 1. The van der Waals surface area contributed by atoms with E-state index in [1.165, 1.54) is 13.8 Å². The highest BCUT2D eigenvalue weighted by Gasteiger charge is 2.39. The van der Waals surface area contributed by atoms with Crippen molar-refractivity contribution in [2.24, 2.45) is 0 Å². The summed E-state index contributed by atoms with van der Waals surface area (Å²) in [6.07, 6.45) is 1.07. The zero-order chi connectivity index (χ0) is 17.4. The summed E-state index contributed by atoms with van der Waals surface area (Å²) in [5, 5.41) is 10.1. The van der Waals surface area contributed by atoms with E-state index in [0.717, 1.165) is 6.08 Å². The molecule has 8 heteroatoms. The number of hydrogen-bond donors (Lipinski definition) is 2. The van der Waals surface area contributed by atoms with Gasteiger partial charge in [0.15, 0.2) is 5.75 Å². The topological polar surface area (TPSA) is 115 Å². The minimum Gasteiger partial charge on any atom is -0.505 e. The molecule has 124 valence electrons. The van der Waals surface area contributed by atoms with Gasteiger partial charge < -0.3 is 24.3 Å². The Balaban J connectivity index is 2.41. The molecule has 2 N–H and O–H groups in total. The average molecular weight is 323 g/mol. The Labute approximate surface area is 132 Å². The van der Waals surface area contributed by atoms with E-state index in [1.54, 1.807) is 13.8 Å². The highest BCUT2D eigenvalue weighted by atomic mass is 16.7. The molecule has 1 fully saturated rings. The number of aromatic hydroxyl groups is 1. The van der Waals surface area contributed by atoms with Crippen LogP contribution in [0.3, 0.4) is 0 Å². The molecule has 0 amide bonds. The molecule has 2 rings (SSSR count). The fraction of sp³-hybridized carbons (Fsp3) is 0.400. The first-order chi connectivity index (χ1) is 10.7. The van der Waals surface area contributed by atoms with Crippen LogP contribution < -0.4 is 0 Å². The Hall–Kier alpha value is -2.77. The Bertz CT molecular complexity index is 690. The number of aromatic amines is 1. The number of aromatic nitrogens is 1. The van der Waals surface area contributed by atoms with Gasteiger partial charge in [0, 0.05) is 19.5 Å². The molecule has 1 aliphatic heterocycles. The maximum atomic E-state index is 11.9. The molecule has 1 aromatic heterocycles. The second-order valence-electron chi connectivity index (χ2n) is 5.34. The molecular formula is C15H17NO7. The van der Waals surface area contributed by atoms with Gasteiger partial charge in [0.25, 0.3) is 5.79 Å². The lowest BCUT2D eigenvalue weighted by molar-refractivity contribution is -0.222. The SMILES string of the molecule is CCOC(=O)c1c(C)[nH]c(C=C2C(=O)OC(C)(C)OC2=O)c1O. The Morgan fingerprint density at radius 2 is 1.87 bits per heavy atom. The molecule has 2 heterocycles. The fourth-order valence-corrected chi connectivity index (χ4v) is 2.12. The van der Waals surface area contributed by atoms with Crippen LogP contribution in [0.5, 0.6) is 5.75 Å². The monoisotopic (exact) mass is 323 g/mol. The summed E-state index contributed by atoms with van der Waals surface area (Å²) < 4.78 is 14.7. The van der Waals surface area contributed by atoms with Crippen molar-refractivity contribution >= 4 is 24.0 Å². The normalized spacial score (nSPS) is 16.6. The first-order valence-corrected chi connectivity index (χ1v) is 6.93. The molecule has 8 nitrogen and oxygen atoms in total. The predicted octanol–water partition coefficient (Wildman–Crippen LogP) is 1.42. The standard InChI is InChI=1S/C15H17NO7/c1-5-21-14(20)10-7(2)16-9(11(10)17)6-8-12(18)22-15(3,4)23-13(8)19/h6,16-17H,5H2,1-4H3. The van der Waals surface area contributed by atoms with Gasteiger partial charge in [-0.05, 0) is 19.9 Å². The second kappa shape index (κ2) is 5.79. The number of carbonyl (C=O) groups excluding carboxylic acids is 3. The van der Waals surface area contributed by atoms with Crippen molar-refractivity contribution in [3.63, 3.8) is 0 Å². The van der Waals surface area contributed by atoms with Crippen molar-refractivity contribution in [2.45, 2.75) is 33.5 Å². The number of carbonyl (C=O) groups is 3. The lowest BCUT2D eigenvalue weighted by atomic mass is 10.1. The molecule has 1 aliphatic rings. The number of rotatable bonds is 3. The van der Waals surface area contributed by atoms with E-state index in [9.17, 15) is 19.5 Å². The molecule has 1 saturated heterocycles. The van der Waals surface area contributed by atoms with Crippen molar-refractivity contribution in [2.75, 3.05) is 6.61 Å². The summed E-state index contributed by atoms with van der Waals surface area (Å²) in [6, 6.07) is 0. The van der Waals surface area contributed by atoms with Gasteiger partial charge in [0.05, 0.1) is 12.3 Å². The van der Waals surface area contributed by atoms with Crippen LogP contribution in [0.25, 0.3) is 6.08 Å². The minimum absolute atomic E-state index is 0.00848. The predicted molar refractivity (Wildman–Crippen MR) is 77.4 cm³/mol. The third-order valence-electron chi connectivity index (χ3n) is 3.07. The van der Waals surface area contributed by atoms with Crippen molar-refractivity contribution in [3.8, 4) is 5.75 Å². The number of cyclic esters (lactones) is 2. The van der Waals surface area contributed by atoms with E-state index in [2.05, 4.69) is 4.98 Å². The van der Waals surface area contributed by atoms with Crippen LogP contribution in [0.2, 0.25) is 0 Å². The average Bonchev–Trinajstić information content (AvgIpc) is 2.68. The molecule has 23 heavy (non-hydrogen) atoms. The van der Waals surface area contributed by atoms with Gasteiger partial charge in [-0.3, -0.25) is 0 Å². The van der Waals surface area contributed by atoms with E-state index in [0.29, 0.717) is 5.69 Å². The molecule has 0 bridgehead atoms. The zero-order valence-corrected chi connectivity index (χ0v) is 13.2. The van der Waals surface area contributed by atoms with Crippen LogP contribution in [-0.4, -0.2) is 40.4 Å². The highest BCUT2D eigenvalue weighted by molar-refractivity contribution is 6.19. The van der Waals surface area contributed by atoms with Crippen LogP contribution in [0.4, 0.5) is 0 Å². The molecule has 0 aromatic carbocycles. The largest absolute Gasteiger partial charge is 0.505 e. The zero-order valence-electron chi connectivity index (χ0n) is 13.2. The lowest BCUT2D eigenvalue weighted by Gasteiger charge is -2.29. The third-order valence-corrected chi connectivity index (χ3v) is 3.07. The summed E-state index contributed by atoms with van der Waals surface area (Å²) in [7, 11) is 0. The lowest BCUT2D eigenvalue weighted by Crippen LogP contribution is -2.41. The van der Waals surface area contributed by atoms with Crippen LogP contribution in [0, 0.1) is 6.92 Å². The van der Waals surface area contributed by atoms with Crippen molar-refractivity contribution in [1.29, 1.82) is 0 Å². The van der Waals surface area contributed by atoms with Gasteiger partial charge in [-0.2, -0.15) is 0 Å². The summed E-state index contributed by atoms with van der Waals surface area (Å²) in [4.78, 5) is 38.3. The minimum atomic E-state index is -1.35. The summed E-state index contributed by atoms with van der Waals surface area (Å²) in [5.41, 5.74) is -0.104. The molecule has 0 aliphatic carbocycles. The van der Waals surface area contributed by atoms with E-state index < -0.39 is 35.0 Å². The molecule has 0 radical (unpaired) electrons. The van der Waals surface area contributed by atoms with Crippen molar-refractivity contribution in [1.82, 2.24) is 4.98 Å². The van der Waals surface area contributed by atoms with E-state index >= 15 is 0 Å². The third kappa shape index (κ3) is 3.20. The Kier molecular flexibility index (Phi) is 4.18. The maximum Gasteiger partial charge on any atom is 0.348 e. The smallest absolute Gasteiger partial charge is 0.348 e. The van der Waals surface area contributed by atoms with Gasteiger partial charge in [-0.15, -0.1) is 0 Å². The van der Waals surface area contributed by atoms with Gasteiger partial charge >= 0.3 is 17.9 Å². The molecule has 0 atom stereocenters. The quantitative estimate of drug-likeness (QED) is 0.491. The van der Waals surface area contributed by atoms with Crippen molar-refractivity contribution in [3.05, 3.63) is 22.5 Å². The number of esters is 3. The first-order valence-electron chi connectivity index (χ1n) is 6.93. The molecule has 0 unspecified atom stereocenters. The van der Waals surface area contributed by atoms with E-state index in [1.807, 2.05) is 0 Å². The van der Waals surface area contributed by atoms with Gasteiger partial charge in [-0.25, -0.2) is 14.4 Å². The van der Waals surface area contributed by atoms with Gasteiger partial charge in [0.1, 0.15) is 11.1 Å². The Morgan fingerprint density at radius 3 is 2.39 bits per heavy atom. The number of H-pyrrole nitrogens is 1. The maximum absolute atomic E-state index is 11.9. The summed E-state index contributed by atoms with van der Waals surface area (Å²) >= 11 is 0. The molecule has 0 spiro atoms. The van der Waals surface area contributed by atoms with Crippen LogP contribution >= 0.6 is 0 Å². The van der Waals surface area contributed by atoms with E-state index in [4.69, 9.17) is 14.2 Å². The van der Waals surface area contributed by atoms with Crippen molar-refractivity contribution < 1.29 is 33.7 Å². The van der Waals surface area contributed by atoms with Gasteiger partial charge in [-0.1, -0.05) is 0 Å². The number of nitrogens with one attached hydrogen (secondary N) is 1. The molecular weight excluding hydrogens is 306 g/mol. The van der Waals surface area contributed by atoms with Crippen LogP contribution in [0.1, 0.15) is 42.5 Å². The van der Waals surface area contributed by atoms with E-state index in [-0.39, 0.29) is 17.9 Å². The van der Waals surface area contributed by atoms with Crippen LogP contribution in [0.15, 0.2) is 5.57 Å². The first kappa shape index (κ1) is 16.6. The summed E-state index contributed by atoms with van der Waals surface area (Å²) in [5.74, 6) is -4.24. The molecule has 1 aromatic rings. The highest BCUT2D eigenvalue weighted by Crippen LogP contribution is 2.30. The Morgan fingerprint density at radius 1 is 1.30 bits per heavy atom. The van der Waals surface area contributed by atoms with Crippen LogP contribution in [-0.2, 0) is 23.8 Å². The number of ether oxygens (including phenoxy) is 3. The second-order valence-corrected chi connectivity index (χ2v) is 5.34.